The van der Waals surface area contributed by atoms with E-state index in [1.54, 1.807) is 6.26 Å². The summed E-state index contributed by atoms with van der Waals surface area (Å²) >= 11 is 0. The van der Waals surface area contributed by atoms with Crippen molar-refractivity contribution in [3.8, 4) is 0 Å². The molecule has 9 heteroatoms. The molecule has 0 aliphatic carbocycles. The second kappa shape index (κ2) is 7.53. The van der Waals surface area contributed by atoms with Crippen molar-refractivity contribution in [1.82, 2.24) is 26.0 Å². The number of hydrazine groups is 1. The molecule has 4 rings (SSSR count). The molecule has 7 atom stereocenters. The predicted molar refractivity (Wildman–Crippen MR) is 103 cm³/mol. The molecular weight excluding hydrogens is 366 g/mol. The van der Waals surface area contributed by atoms with Crippen LogP contribution in [0.1, 0.15) is 39.0 Å². The van der Waals surface area contributed by atoms with Gasteiger partial charge in [-0.25, -0.2) is 0 Å². The molecule has 0 aromatic heterocycles. The Morgan fingerprint density at radius 3 is 2.89 bits per heavy atom. The lowest BCUT2D eigenvalue weighted by molar-refractivity contribution is -0.146. The van der Waals surface area contributed by atoms with Crippen molar-refractivity contribution in [1.29, 1.82) is 0 Å². The van der Waals surface area contributed by atoms with Gasteiger partial charge in [0.05, 0.1) is 41.2 Å². The molecule has 7 unspecified atom stereocenters. The summed E-state index contributed by atoms with van der Waals surface area (Å²) in [5.74, 6) is -0.108. The van der Waals surface area contributed by atoms with Gasteiger partial charge >= 0.3 is 0 Å². The van der Waals surface area contributed by atoms with E-state index < -0.39 is 16.4 Å². The van der Waals surface area contributed by atoms with Crippen LogP contribution in [0.3, 0.4) is 0 Å². The van der Waals surface area contributed by atoms with Gasteiger partial charge in [-0.2, -0.15) is 5.01 Å². The molecular formula is C18H31N5O3S. The number of nitrogens with one attached hydrogen (secondary N) is 3. The zero-order valence-corrected chi connectivity index (χ0v) is 16.9. The largest absolute Gasteiger partial charge is 0.389 e. The lowest BCUT2D eigenvalue weighted by Crippen LogP contribution is -2.68. The number of rotatable bonds is 1. The normalized spacial score (nSPS) is 44.3. The third-order valence-corrected chi connectivity index (χ3v) is 7.36. The Morgan fingerprint density at radius 2 is 2.11 bits per heavy atom. The summed E-state index contributed by atoms with van der Waals surface area (Å²) in [7, 11) is -1.07. The molecule has 2 bridgehead atoms. The van der Waals surface area contributed by atoms with E-state index in [-0.39, 0.29) is 35.7 Å². The number of amides is 1. The van der Waals surface area contributed by atoms with Gasteiger partial charge in [0.1, 0.15) is 5.50 Å². The number of hydrogen-bond donors (Lipinski definition) is 4. The first-order valence-corrected chi connectivity index (χ1v) is 11.6. The monoisotopic (exact) mass is 397 g/mol. The van der Waals surface area contributed by atoms with Gasteiger partial charge < -0.3 is 5.11 Å². The number of hydrogen-bond acceptors (Lipinski definition) is 7. The Morgan fingerprint density at radius 1 is 1.30 bits per heavy atom. The zero-order chi connectivity index (χ0) is 19.2. The molecule has 1 amide bonds. The molecule has 4 N–H and O–H groups in total. The van der Waals surface area contributed by atoms with Gasteiger partial charge in [-0.1, -0.05) is 12.2 Å². The van der Waals surface area contributed by atoms with Crippen molar-refractivity contribution in [2.75, 3.05) is 19.3 Å². The molecule has 3 saturated heterocycles. The number of allylic oxidation sites excluding steroid dienone is 1. The van der Waals surface area contributed by atoms with Crippen molar-refractivity contribution in [2.45, 2.75) is 68.5 Å². The Balaban J connectivity index is 1.66. The summed E-state index contributed by atoms with van der Waals surface area (Å²) in [4.78, 5) is 13.1. The first-order chi connectivity index (χ1) is 12.9. The van der Waals surface area contributed by atoms with E-state index in [1.807, 2.05) is 18.0 Å². The Bertz CT molecular complexity index is 642. The van der Waals surface area contributed by atoms with E-state index in [2.05, 4.69) is 27.0 Å². The van der Waals surface area contributed by atoms with Crippen molar-refractivity contribution < 1.29 is 14.1 Å². The molecule has 3 fully saturated rings. The highest BCUT2D eigenvalue weighted by Gasteiger charge is 2.53. The Kier molecular flexibility index (Phi) is 5.43. The van der Waals surface area contributed by atoms with Crippen molar-refractivity contribution in [3.05, 3.63) is 12.2 Å². The fourth-order valence-electron chi connectivity index (χ4n) is 4.83. The number of piperidine rings is 1. The van der Waals surface area contributed by atoms with Crippen molar-refractivity contribution >= 4 is 16.7 Å². The number of fused-ring (bicyclic) bond motifs is 6. The van der Waals surface area contributed by atoms with Crippen LogP contribution in [0.2, 0.25) is 0 Å². The van der Waals surface area contributed by atoms with Crippen LogP contribution in [0.15, 0.2) is 12.2 Å². The molecule has 0 aromatic rings. The van der Waals surface area contributed by atoms with Gasteiger partial charge in [-0.05, 0) is 39.0 Å². The predicted octanol–water partition coefficient (Wildman–Crippen LogP) is -0.588. The minimum absolute atomic E-state index is 0.00317. The highest BCUT2D eigenvalue weighted by molar-refractivity contribution is 7.84. The van der Waals surface area contributed by atoms with Crippen LogP contribution >= 0.6 is 0 Å². The van der Waals surface area contributed by atoms with Gasteiger partial charge in [-0.15, -0.1) is 0 Å². The zero-order valence-electron chi connectivity index (χ0n) is 16.1. The van der Waals surface area contributed by atoms with E-state index in [0.717, 1.165) is 25.7 Å². The maximum absolute atomic E-state index is 13.1. The first kappa shape index (κ1) is 19.5. The SMILES string of the molecule is CS(=O)C1NCC2C(=O)N3CC=CCCC(C)(O)C4CCCC(N4)N3C2N1. The average Bonchev–Trinajstić information content (AvgIpc) is 2.92. The molecule has 152 valence electrons. The quantitative estimate of drug-likeness (QED) is 0.439. The number of carbonyl (C=O) groups is 1. The van der Waals surface area contributed by atoms with Gasteiger partial charge in [0.15, 0.2) is 0 Å². The lowest BCUT2D eigenvalue weighted by atomic mass is 9.85. The Labute approximate surface area is 163 Å². The smallest absolute Gasteiger partial charge is 0.244 e. The summed E-state index contributed by atoms with van der Waals surface area (Å²) in [6.07, 6.45) is 9.88. The molecule has 4 aliphatic rings. The van der Waals surface area contributed by atoms with E-state index in [9.17, 15) is 14.1 Å². The molecule has 0 spiro atoms. The third kappa shape index (κ3) is 3.61. The lowest BCUT2D eigenvalue weighted by Gasteiger charge is -2.47. The second-order valence-corrected chi connectivity index (χ2v) is 9.81. The van der Waals surface area contributed by atoms with Crippen LogP contribution in [0, 0.1) is 5.92 Å². The molecule has 0 saturated carbocycles. The van der Waals surface area contributed by atoms with Gasteiger partial charge in [-0.3, -0.25) is 30.0 Å². The van der Waals surface area contributed by atoms with Crippen molar-refractivity contribution in [2.24, 2.45) is 5.92 Å². The van der Waals surface area contributed by atoms with Crippen LogP contribution < -0.4 is 16.0 Å². The van der Waals surface area contributed by atoms with E-state index in [1.165, 1.54) is 0 Å². The molecule has 0 radical (unpaired) electrons. The topological polar surface area (TPSA) is 96.9 Å². The minimum Gasteiger partial charge on any atom is -0.389 e. The highest BCUT2D eigenvalue weighted by Crippen LogP contribution is 2.34. The maximum Gasteiger partial charge on any atom is 0.244 e. The molecule has 4 heterocycles. The molecule has 4 aliphatic heterocycles. The standard InChI is InChI=1S/C18H31N5O3S/c1-18(25)9-4-3-5-10-22-16(24)12-11-19-17(27(2)26)21-15(12)23(22)14-8-6-7-13(18)20-14/h3,5,12-15,17,19-21,25H,4,6-11H2,1-2H3. The summed E-state index contributed by atoms with van der Waals surface area (Å²) in [6, 6.07) is -0.00317. The van der Waals surface area contributed by atoms with Gasteiger partial charge in [0.25, 0.3) is 0 Å². The van der Waals surface area contributed by atoms with Gasteiger partial charge in [0, 0.05) is 18.8 Å². The molecule has 0 aromatic carbocycles. The first-order valence-electron chi connectivity index (χ1n) is 9.93. The molecule has 8 nitrogen and oxygen atoms in total. The summed E-state index contributed by atoms with van der Waals surface area (Å²) in [5.41, 5.74) is -1.11. The van der Waals surface area contributed by atoms with Gasteiger partial charge in [0.2, 0.25) is 5.91 Å². The summed E-state index contributed by atoms with van der Waals surface area (Å²) in [6.45, 7) is 2.96. The highest BCUT2D eigenvalue weighted by atomic mass is 32.2. The van der Waals surface area contributed by atoms with Crippen molar-refractivity contribution in [3.63, 3.8) is 0 Å². The van der Waals surface area contributed by atoms with Crippen LogP contribution in [-0.2, 0) is 15.6 Å². The minimum atomic E-state index is -1.07. The van der Waals surface area contributed by atoms with E-state index >= 15 is 0 Å². The number of nitrogens with zero attached hydrogens (tertiary/aromatic N) is 2. The van der Waals surface area contributed by atoms with Crippen LogP contribution in [0.4, 0.5) is 0 Å². The van der Waals surface area contributed by atoms with Crippen LogP contribution in [0.5, 0.6) is 0 Å². The number of aliphatic hydroxyl groups is 1. The maximum atomic E-state index is 13.1. The van der Waals surface area contributed by atoms with Crippen LogP contribution in [0.25, 0.3) is 0 Å². The summed E-state index contributed by atoms with van der Waals surface area (Å²) < 4.78 is 12.0. The fraction of sp³-hybridized carbons (Fsp3) is 0.833. The second-order valence-electron chi connectivity index (χ2n) is 8.34. The third-order valence-electron chi connectivity index (χ3n) is 6.39. The van der Waals surface area contributed by atoms with E-state index in [4.69, 9.17) is 0 Å². The van der Waals surface area contributed by atoms with Crippen LogP contribution in [-0.4, -0.2) is 74.1 Å². The summed E-state index contributed by atoms with van der Waals surface area (Å²) in [5, 5.41) is 25.2. The number of carbonyl (C=O) groups excluding carboxylic acids is 1. The van der Waals surface area contributed by atoms with E-state index in [0.29, 0.717) is 19.5 Å². The molecule has 27 heavy (non-hydrogen) atoms. The Hall–Kier alpha value is -0.840. The average molecular weight is 398 g/mol. The fourth-order valence-corrected chi connectivity index (χ4v) is 5.49.